The highest BCUT2D eigenvalue weighted by atomic mass is 35.5. The molecular formula is C16H19ClFN5O2. The van der Waals surface area contributed by atoms with Crippen LogP contribution < -0.4 is 32.0 Å². The van der Waals surface area contributed by atoms with Crippen molar-refractivity contribution >= 4 is 17.6 Å². The fraction of sp³-hybridized carbons (Fsp3) is 0.188. The van der Waals surface area contributed by atoms with Crippen molar-refractivity contribution < 1.29 is 13.9 Å². The number of nitrogens with zero attached hydrogens (tertiary/aromatic N) is 1. The summed E-state index contributed by atoms with van der Waals surface area (Å²) < 4.78 is 24.3. The minimum Gasteiger partial charge on any atom is -0.493 e. The Morgan fingerprint density at radius 3 is 2.76 bits per heavy atom. The SMILES string of the molecule is COc1cccc(CN=C(N)NNN)c1OCc1ccc(F)cc1Cl. The molecule has 0 heterocycles. The maximum atomic E-state index is 13.1. The minimum atomic E-state index is -0.405. The molecular weight excluding hydrogens is 349 g/mol. The van der Waals surface area contributed by atoms with Crippen LogP contribution in [-0.2, 0) is 13.2 Å². The topological polar surface area (TPSA) is 107 Å². The molecule has 2 aromatic rings. The van der Waals surface area contributed by atoms with Crippen molar-refractivity contribution in [1.82, 2.24) is 11.0 Å². The fourth-order valence-corrected chi connectivity index (χ4v) is 2.30. The number of nitrogens with one attached hydrogen (secondary N) is 2. The van der Waals surface area contributed by atoms with Gasteiger partial charge in [0, 0.05) is 11.1 Å². The average molecular weight is 368 g/mol. The van der Waals surface area contributed by atoms with Gasteiger partial charge in [0.05, 0.1) is 18.7 Å². The summed E-state index contributed by atoms with van der Waals surface area (Å²) in [4.78, 5) is 4.13. The zero-order valence-electron chi connectivity index (χ0n) is 13.6. The van der Waals surface area contributed by atoms with Gasteiger partial charge in [-0.2, -0.15) is 5.53 Å². The molecule has 0 amide bonds. The van der Waals surface area contributed by atoms with Gasteiger partial charge in [0.1, 0.15) is 12.4 Å². The number of hydrogen-bond donors (Lipinski definition) is 4. The van der Waals surface area contributed by atoms with Crippen molar-refractivity contribution in [2.24, 2.45) is 16.6 Å². The highest BCUT2D eigenvalue weighted by Gasteiger charge is 2.12. The molecule has 0 aliphatic heterocycles. The average Bonchev–Trinajstić information content (AvgIpc) is 2.59. The summed E-state index contributed by atoms with van der Waals surface area (Å²) in [5, 5.41) is 0.289. The molecule has 0 saturated heterocycles. The summed E-state index contributed by atoms with van der Waals surface area (Å²) in [7, 11) is 1.54. The van der Waals surface area contributed by atoms with Crippen LogP contribution in [0.2, 0.25) is 5.02 Å². The molecule has 6 N–H and O–H groups in total. The number of aliphatic imine (C=N–C) groups is 1. The van der Waals surface area contributed by atoms with Gasteiger partial charge in [-0.15, -0.1) is 0 Å². The van der Waals surface area contributed by atoms with Crippen molar-refractivity contribution in [3.05, 3.63) is 58.4 Å². The van der Waals surface area contributed by atoms with Crippen LogP contribution in [0.25, 0.3) is 0 Å². The number of hydrazine groups is 2. The Labute approximate surface area is 149 Å². The molecule has 134 valence electrons. The highest BCUT2D eigenvalue weighted by Crippen LogP contribution is 2.33. The molecule has 2 rings (SSSR count). The van der Waals surface area contributed by atoms with E-state index in [0.717, 1.165) is 5.56 Å². The van der Waals surface area contributed by atoms with E-state index in [1.165, 1.54) is 19.2 Å². The van der Waals surface area contributed by atoms with Crippen LogP contribution >= 0.6 is 11.6 Å². The Balaban J connectivity index is 2.21. The van der Waals surface area contributed by atoms with Crippen LogP contribution in [0.3, 0.4) is 0 Å². The van der Waals surface area contributed by atoms with E-state index in [-0.39, 0.29) is 24.1 Å². The number of guanidine groups is 1. The summed E-state index contributed by atoms with van der Waals surface area (Å²) in [6.07, 6.45) is 0. The summed E-state index contributed by atoms with van der Waals surface area (Å²) in [5.41, 5.74) is 11.7. The number of rotatable bonds is 7. The lowest BCUT2D eigenvalue weighted by molar-refractivity contribution is 0.281. The number of ether oxygens (including phenoxy) is 2. The second kappa shape index (κ2) is 9.07. The molecule has 0 saturated carbocycles. The van der Waals surface area contributed by atoms with E-state index in [4.69, 9.17) is 32.7 Å². The molecule has 0 aliphatic carbocycles. The van der Waals surface area contributed by atoms with Crippen LogP contribution in [0.1, 0.15) is 11.1 Å². The zero-order chi connectivity index (χ0) is 18.2. The van der Waals surface area contributed by atoms with Gasteiger partial charge in [0.25, 0.3) is 0 Å². The Kier molecular flexibility index (Phi) is 6.81. The molecule has 0 unspecified atom stereocenters. The van der Waals surface area contributed by atoms with Gasteiger partial charge in [0.15, 0.2) is 11.5 Å². The molecule has 0 spiro atoms. The first-order valence-electron chi connectivity index (χ1n) is 7.29. The first kappa shape index (κ1) is 18.8. The van der Waals surface area contributed by atoms with Gasteiger partial charge >= 0.3 is 0 Å². The van der Waals surface area contributed by atoms with Crippen LogP contribution in [0.15, 0.2) is 41.4 Å². The molecule has 0 aliphatic rings. The molecule has 25 heavy (non-hydrogen) atoms. The van der Waals surface area contributed by atoms with Gasteiger partial charge < -0.3 is 15.2 Å². The number of nitrogens with two attached hydrogens (primary N) is 2. The molecule has 0 bridgehead atoms. The highest BCUT2D eigenvalue weighted by molar-refractivity contribution is 6.31. The molecule has 0 radical (unpaired) electrons. The second-order valence-corrected chi connectivity index (χ2v) is 5.35. The van der Waals surface area contributed by atoms with Crippen LogP contribution in [-0.4, -0.2) is 13.1 Å². The van der Waals surface area contributed by atoms with Gasteiger partial charge in [-0.25, -0.2) is 9.38 Å². The Hall–Kier alpha value is -2.55. The van der Waals surface area contributed by atoms with Crippen molar-refractivity contribution in [1.29, 1.82) is 0 Å². The number of para-hydroxylation sites is 1. The first-order valence-corrected chi connectivity index (χ1v) is 7.67. The standard InChI is InChI=1S/C16H19ClFN5O2/c1-24-14-4-2-3-10(8-21-16(19)22-23-20)15(14)25-9-11-5-6-12(18)7-13(11)17/h2-7,23H,8-9,20H2,1H3,(H3,19,21,22). The van der Waals surface area contributed by atoms with E-state index in [1.54, 1.807) is 12.1 Å². The van der Waals surface area contributed by atoms with Gasteiger partial charge in [0.2, 0.25) is 5.96 Å². The largest absolute Gasteiger partial charge is 0.493 e. The van der Waals surface area contributed by atoms with E-state index in [2.05, 4.69) is 16.0 Å². The smallest absolute Gasteiger partial charge is 0.204 e. The predicted octanol–water partition coefficient (Wildman–Crippen LogP) is 1.85. The monoisotopic (exact) mass is 367 g/mol. The van der Waals surface area contributed by atoms with E-state index in [9.17, 15) is 4.39 Å². The van der Waals surface area contributed by atoms with E-state index in [0.29, 0.717) is 17.1 Å². The molecule has 0 atom stereocenters. The lowest BCUT2D eigenvalue weighted by atomic mass is 10.2. The van der Waals surface area contributed by atoms with Gasteiger partial charge in [-0.05, 0) is 18.2 Å². The van der Waals surface area contributed by atoms with E-state index < -0.39 is 5.82 Å². The molecule has 0 fully saturated rings. The third-order valence-corrected chi connectivity index (χ3v) is 3.64. The van der Waals surface area contributed by atoms with E-state index >= 15 is 0 Å². The first-order chi connectivity index (χ1) is 12.0. The number of benzene rings is 2. The maximum Gasteiger partial charge on any atom is 0.204 e. The van der Waals surface area contributed by atoms with Gasteiger partial charge in [-0.3, -0.25) is 11.3 Å². The summed E-state index contributed by atoms with van der Waals surface area (Å²) in [6, 6.07) is 9.53. The molecule has 7 nitrogen and oxygen atoms in total. The lowest BCUT2D eigenvalue weighted by Crippen LogP contribution is -2.46. The number of halogens is 2. The number of methoxy groups -OCH3 is 1. The van der Waals surface area contributed by atoms with Gasteiger partial charge in [-0.1, -0.05) is 29.8 Å². The quantitative estimate of drug-likeness (QED) is 0.257. The Bertz CT molecular complexity index is 757. The maximum absolute atomic E-state index is 13.1. The lowest BCUT2D eigenvalue weighted by Gasteiger charge is -2.15. The number of hydrogen-bond acceptors (Lipinski definition) is 5. The van der Waals surface area contributed by atoms with Crippen LogP contribution in [0, 0.1) is 5.82 Å². The van der Waals surface area contributed by atoms with Crippen molar-refractivity contribution in [2.45, 2.75) is 13.2 Å². The van der Waals surface area contributed by atoms with E-state index in [1.807, 2.05) is 12.1 Å². The third kappa shape index (κ3) is 5.21. The molecule has 2 aromatic carbocycles. The summed E-state index contributed by atoms with van der Waals surface area (Å²) in [6.45, 7) is 0.387. The van der Waals surface area contributed by atoms with Crippen LogP contribution in [0.4, 0.5) is 4.39 Å². The third-order valence-electron chi connectivity index (χ3n) is 3.29. The fourth-order valence-electron chi connectivity index (χ4n) is 2.08. The summed E-state index contributed by atoms with van der Waals surface area (Å²) in [5.74, 6) is 5.86. The molecule has 9 heteroatoms. The van der Waals surface area contributed by atoms with Crippen molar-refractivity contribution in [2.75, 3.05) is 7.11 Å². The second-order valence-electron chi connectivity index (χ2n) is 4.94. The normalized spacial score (nSPS) is 11.3. The zero-order valence-corrected chi connectivity index (χ0v) is 14.3. The van der Waals surface area contributed by atoms with Crippen molar-refractivity contribution in [3.8, 4) is 11.5 Å². The summed E-state index contributed by atoms with van der Waals surface area (Å²) >= 11 is 6.03. The Morgan fingerprint density at radius 1 is 1.28 bits per heavy atom. The Morgan fingerprint density at radius 2 is 2.08 bits per heavy atom. The predicted molar refractivity (Wildman–Crippen MR) is 94.5 cm³/mol. The molecule has 0 aromatic heterocycles. The minimum absolute atomic E-state index is 0.123. The van der Waals surface area contributed by atoms with Crippen LogP contribution in [0.5, 0.6) is 11.5 Å². The van der Waals surface area contributed by atoms with Crippen molar-refractivity contribution in [3.63, 3.8) is 0 Å².